The van der Waals surface area contributed by atoms with E-state index in [0.717, 1.165) is 11.8 Å². The van der Waals surface area contributed by atoms with E-state index in [4.69, 9.17) is 29.2 Å². The summed E-state index contributed by atoms with van der Waals surface area (Å²) in [7, 11) is 9.78. The molecule has 4 aliphatic rings. The summed E-state index contributed by atoms with van der Waals surface area (Å²) in [5.74, 6) is 1.76. The minimum atomic E-state index is -0.556. The van der Waals surface area contributed by atoms with Crippen LogP contribution in [-0.4, -0.2) is 24.2 Å². The van der Waals surface area contributed by atoms with E-state index in [1.807, 2.05) is 0 Å². The standard InChI is InChI=1S/C22H38N2.2ClH.Ti/c1-3-11-18(12-4-1)23-20-15-7-9-17-10-8-16-21(22(17)20)24-19-13-5-2-6-14-19;;;/h17-22H,1-16H2;2*1H;/q-2;;;+2/p-2. The van der Waals surface area contributed by atoms with Gasteiger partial charge in [0.05, 0.1) is 0 Å². The van der Waals surface area contributed by atoms with Gasteiger partial charge in [0.2, 0.25) is 0 Å². The molecule has 2 atom stereocenters. The van der Waals surface area contributed by atoms with E-state index in [1.165, 1.54) is 103 Å². The van der Waals surface area contributed by atoms with Crippen LogP contribution in [0.1, 0.15) is 103 Å². The Morgan fingerprint density at radius 1 is 0.519 bits per heavy atom. The second-order valence-corrected chi connectivity index (χ2v) is 11.9. The zero-order valence-corrected chi connectivity index (χ0v) is 20.0. The summed E-state index contributed by atoms with van der Waals surface area (Å²) in [4.78, 5) is 0. The van der Waals surface area contributed by atoms with E-state index in [9.17, 15) is 0 Å². The molecule has 0 aromatic rings. The third-order valence-corrected chi connectivity index (χ3v) is 7.54. The molecule has 27 heavy (non-hydrogen) atoms. The Bertz CT molecular complexity index is 366. The number of nitrogens with zero attached hydrogens (tertiary/aromatic N) is 2. The minimum absolute atomic E-state index is 0.556. The number of rotatable bonds is 4. The van der Waals surface area contributed by atoms with Crippen LogP contribution in [0, 0.1) is 11.8 Å². The molecule has 4 aliphatic carbocycles. The Kier molecular flexibility index (Phi) is 10.9. The summed E-state index contributed by atoms with van der Waals surface area (Å²) in [6.07, 6.45) is 22.6. The van der Waals surface area contributed by atoms with E-state index in [2.05, 4.69) is 0 Å². The molecule has 0 bridgehead atoms. The van der Waals surface area contributed by atoms with E-state index in [0.29, 0.717) is 24.2 Å². The van der Waals surface area contributed by atoms with E-state index in [1.54, 1.807) is 0 Å². The van der Waals surface area contributed by atoms with Crippen LogP contribution in [0.5, 0.6) is 0 Å². The van der Waals surface area contributed by atoms with Gasteiger partial charge in [-0.2, -0.15) is 0 Å². The molecule has 2 nitrogen and oxygen atoms in total. The maximum atomic E-state index is 5.46. The van der Waals surface area contributed by atoms with E-state index >= 15 is 0 Å². The quantitative estimate of drug-likeness (QED) is 0.388. The van der Waals surface area contributed by atoms with Gasteiger partial charge in [-0.1, -0.05) is 109 Å². The Labute approximate surface area is 184 Å². The van der Waals surface area contributed by atoms with Crippen molar-refractivity contribution in [3.8, 4) is 0 Å². The van der Waals surface area contributed by atoms with Gasteiger partial charge in [-0.25, -0.2) is 0 Å². The number of hydrogen-bond acceptors (Lipinski definition) is 0. The fraction of sp³-hybridized carbons (Fsp3) is 1.00. The molecule has 156 valence electrons. The number of hydrogen-bond donors (Lipinski definition) is 0. The summed E-state index contributed by atoms with van der Waals surface area (Å²) in [6, 6.07) is 2.70. The third kappa shape index (κ3) is 7.14. The van der Waals surface area contributed by atoms with Crippen LogP contribution in [0.3, 0.4) is 0 Å². The fourth-order valence-electron chi connectivity index (χ4n) is 6.33. The zero-order valence-electron chi connectivity index (χ0n) is 16.9. The normalized spacial score (nSPS) is 35.6. The van der Waals surface area contributed by atoms with Gasteiger partial charge in [0.25, 0.3) is 0 Å². The van der Waals surface area contributed by atoms with Crippen molar-refractivity contribution in [1.82, 2.24) is 0 Å². The van der Waals surface area contributed by atoms with Crippen molar-refractivity contribution in [2.45, 2.75) is 127 Å². The van der Waals surface area contributed by atoms with Gasteiger partial charge in [-0.15, -0.1) is 24.2 Å². The molecule has 0 aliphatic heterocycles. The molecule has 4 fully saturated rings. The molecule has 0 saturated heterocycles. The molecular formula is C22H38Cl2N2Ti-2. The number of fused-ring (bicyclic) bond motifs is 1. The van der Waals surface area contributed by atoms with Crippen molar-refractivity contribution in [2.24, 2.45) is 11.8 Å². The Morgan fingerprint density at radius 3 is 1.33 bits per heavy atom. The van der Waals surface area contributed by atoms with Crippen LogP contribution in [0.2, 0.25) is 0 Å². The van der Waals surface area contributed by atoms with Gasteiger partial charge in [0.15, 0.2) is 0 Å². The summed E-state index contributed by atoms with van der Waals surface area (Å²) >= 11 is -0.556. The van der Waals surface area contributed by atoms with Gasteiger partial charge in [0, 0.05) is 0 Å². The molecule has 0 amide bonds. The molecular weight excluding hydrogens is 411 g/mol. The van der Waals surface area contributed by atoms with Gasteiger partial charge < -0.3 is 10.6 Å². The van der Waals surface area contributed by atoms with Crippen molar-refractivity contribution in [3.63, 3.8) is 0 Å². The fourth-order valence-corrected chi connectivity index (χ4v) is 6.33. The predicted molar refractivity (Wildman–Crippen MR) is 114 cm³/mol. The van der Waals surface area contributed by atoms with Crippen molar-refractivity contribution in [1.29, 1.82) is 0 Å². The molecule has 4 saturated carbocycles. The topological polar surface area (TPSA) is 28.2 Å². The van der Waals surface area contributed by atoms with Gasteiger partial charge in [0.1, 0.15) is 0 Å². The Balaban J connectivity index is 0.000000659. The first-order chi connectivity index (χ1) is 13.3. The van der Waals surface area contributed by atoms with Gasteiger partial charge >= 0.3 is 35.6 Å². The molecule has 4 rings (SSSR count). The van der Waals surface area contributed by atoms with Gasteiger partial charge in [-0.3, -0.25) is 0 Å². The summed E-state index contributed by atoms with van der Waals surface area (Å²) in [5.41, 5.74) is 0. The first-order valence-corrected chi connectivity index (χ1v) is 16.0. The first kappa shape index (κ1) is 22.9. The SMILES string of the molecule is C1CCC([N-]C2CCCC3CCCC([N-]C4CCCCC4)C32)CC1.[Cl][Ti][Cl]. The average Bonchev–Trinajstić information content (AvgIpc) is 2.70. The van der Waals surface area contributed by atoms with Crippen molar-refractivity contribution in [2.75, 3.05) is 0 Å². The second-order valence-electron chi connectivity index (χ2n) is 9.29. The van der Waals surface area contributed by atoms with E-state index in [-0.39, 0.29) is 0 Å². The van der Waals surface area contributed by atoms with Crippen molar-refractivity contribution in [3.05, 3.63) is 10.6 Å². The van der Waals surface area contributed by atoms with Crippen LogP contribution >= 0.6 is 18.6 Å². The molecule has 5 heteroatoms. The molecule has 2 unspecified atom stereocenters. The summed E-state index contributed by atoms with van der Waals surface area (Å²) in [5, 5.41) is 10.9. The molecule has 0 spiro atoms. The first-order valence-electron chi connectivity index (χ1n) is 11.7. The summed E-state index contributed by atoms with van der Waals surface area (Å²) < 4.78 is 0. The molecule has 0 aromatic heterocycles. The third-order valence-electron chi connectivity index (χ3n) is 7.54. The Hall–Kier alpha value is 1.21. The van der Waals surface area contributed by atoms with Crippen LogP contribution in [-0.2, 0) is 17.0 Å². The molecule has 0 N–H and O–H groups in total. The van der Waals surface area contributed by atoms with Crippen LogP contribution in [0.4, 0.5) is 0 Å². The maximum absolute atomic E-state index is 5.46. The van der Waals surface area contributed by atoms with Gasteiger partial charge in [-0.05, 0) is 5.92 Å². The van der Waals surface area contributed by atoms with Crippen LogP contribution < -0.4 is 0 Å². The zero-order chi connectivity index (χ0) is 18.9. The molecule has 0 aromatic carbocycles. The number of halogens is 2. The van der Waals surface area contributed by atoms with Crippen LogP contribution in [0.15, 0.2) is 0 Å². The average molecular weight is 449 g/mol. The van der Waals surface area contributed by atoms with Crippen molar-refractivity contribution < 1.29 is 17.0 Å². The monoisotopic (exact) mass is 448 g/mol. The van der Waals surface area contributed by atoms with Crippen LogP contribution in [0.25, 0.3) is 10.6 Å². The van der Waals surface area contributed by atoms with E-state index < -0.39 is 17.0 Å². The summed E-state index contributed by atoms with van der Waals surface area (Å²) in [6.45, 7) is 0. The Morgan fingerprint density at radius 2 is 0.926 bits per heavy atom. The molecule has 0 heterocycles. The second kappa shape index (κ2) is 12.8. The van der Waals surface area contributed by atoms with Crippen molar-refractivity contribution >= 4 is 18.6 Å². The molecule has 0 radical (unpaired) electrons. The predicted octanol–water partition coefficient (Wildman–Crippen LogP) is 8.11.